The van der Waals surface area contributed by atoms with Crippen LogP contribution in [0.15, 0.2) is 36.4 Å². The van der Waals surface area contributed by atoms with Crippen LogP contribution in [0.2, 0.25) is 0 Å². The molecule has 3 aromatic rings. The Morgan fingerprint density at radius 2 is 1.86 bits per heavy atom. The number of nitrogens with zero attached hydrogens (tertiary/aromatic N) is 1. The van der Waals surface area contributed by atoms with Gasteiger partial charge in [0.25, 0.3) is 0 Å². The van der Waals surface area contributed by atoms with Crippen molar-refractivity contribution >= 4 is 16.9 Å². The maximum absolute atomic E-state index is 14.2. The lowest BCUT2D eigenvalue weighted by molar-refractivity contribution is -0.274. The number of esters is 1. The van der Waals surface area contributed by atoms with Gasteiger partial charge in [0.05, 0.1) is 19.0 Å². The fraction of sp³-hybridized carbons (Fsp3) is 0.286. The summed E-state index contributed by atoms with van der Waals surface area (Å²) in [5.74, 6) is -1.18. The molecule has 0 spiro atoms. The summed E-state index contributed by atoms with van der Waals surface area (Å²) < 4.78 is 62.2. The molecule has 0 aliphatic carbocycles. The third-order valence-electron chi connectivity index (χ3n) is 4.76. The summed E-state index contributed by atoms with van der Waals surface area (Å²) in [7, 11) is 1.29. The molecule has 0 aliphatic heterocycles. The van der Waals surface area contributed by atoms with Crippen LogP contribution in [0.3, 0.4) is 0 Å². The maximum Gasteiger partial charge on any atom is 0.573 e. The van der Waals surface area contributed by atoms with Gasteiger partial charge in [0.1, 0.15) is 11.6 Å². The lowest BCUT2D eigenvalue weighted by Crippen LogP contribution is -2.17. The van der Waals surface area contributed by atoms with Crippen LogP contribution >= 0.6 is 0 Å². The van der Waals surface area contributed by atoms with E-state index in [9.17, 15) is 22.4 Å². The van der Waals surface area contributed by atoms with Crippen LogP contribution in [0.1, 0.15) is 22.4 Å². The summed E-state index contributed by atoms with van der Waals surface area (Å²) in [5, 5.41) is 0.703. The minimum atomic E-state index is -4.79. The van der Waals surface area contributed by atoms with E-state index in [1.807, 2.05) is 0 Å². The second kappa shape index (κ2) is 7.77. The molecule has 0 N–H and O–H groups in total. The molecule has 3 rings (SSSR count). The molecular formula is C21H19F4NO3. The lowest BCUT2D eigenvalue weighted by atomic mass is 10.1. The first-order valence-corrected chi connectivity index (χ1v) is 8.78. The summed E-state index contributed by atoms with van der Waals surface area (Å²) in [6, 6.07) is 8.63. The van der Waals surface area contributed by atoms with E-state index in [-0.39, 0.29) is 18.7 Å². The number of halogens is 4. The van der Waals surface area contributed by atoms with Crippen molar-refractivity contribution < 1.29 is 31.8 Å². The maximum atomic E-state index is 14.2. The number of carbonyl (C=O) groups excluding carboxylic acids is 1. The molecule has 4 nitrogen and oxygen atoms in total. The number of aromatic nitrogens is 1. The van der Waals surface area contributed by atoms with Crippen molar-refractivity contribution in [1.82, 2.24) is 4.57 Å². The summed E-state index contributed by atoms with van der Waals surface area (Å²) in [6.45, 7) is 3.59. The van der Waals surface area contributed by atoms with E-state index < -0.39 is 18.1 Å². The molecular weight excluding hydrogens is 390 g/mol. The zero-order valence-corrected chi connectivity index (χ0v) is 16.1. The van der Waals surface area contributed by atoms with Gasteiger partial charge in [0.2, 0.25) is 0 Å². The number of aryl methyl sites for hydroxylation is 1. The average molecular weight is 409 g/mol. The quantitative estimate of drug-likeness (QED) is 0.437. The van der Waals surface area contributed by atoms with Gasteiger partial charge >= 0.3 is 12.3 Å². The van der Waals surface area contributed by atoms with E-state index in [0.29, 0.717) is 33.3 Å². The number of benzene rings is 2. The van der Waals surface area contributed by atoms with Crippen molar-refractivity contribution in [2.24, 2.45) is 0 Å². The molecule has 0 bridgehead atoms. The smallest absolute Gasteiger partial charge is 0.469 e. The largest absolute Gasteiger partial charge is 0.573 e. The SMILES string of the molecule is COC(=O)Cc1c(C)n(Cc2cccc(OC(F)(F)F)c2)c2cc(F)c(C)cc12. The van der Waals surface area contributed by atoms with Crippen LogP contribution in [0.4, 0.5) is 17.6 Å². The number of rotatable bonds is 5. The van der Waals surface area contributed by atoms with Crippen LogP contribution < -0.4 is 4.74 Å². The van der Waals surface area contributed by atoms with Crippen LogP contribution in [-0.2, 0) is 22.5 Å². The highest BCUT2D eigenvalue weighted by Gasteiger charge is 2.31. The van der Waals surface area contributed by atoms with Gasteiger partial charge in [0.15, 0.2) is 0 Å². The third-order valence-corrected chi connectivity index (χ3v) is 4.76. The Labute approximate surface area is 164 Å². The van der Waals surface area contributed by atoms with Gasteiger partial charge in [0, 0.05) is 17.6 Å². The van der Waals surface area contributed by atoms with Gasteiger partial charge in [-0.1, -0.05) is 12.1 Å². The molecule has 0 saturated carbocycles. The normalized spacial score (nSPS) is 11.7. The molecule has 0 fully saturated rings. The number of ether oxygens (including phenoxy) is 2. The van der Waals surface area contributed by atoms with E-state index in [4.69, 9.17) is 4.74 Å². The number of fused-ring (bicyclic) bond motifs is 1. The monoisotopic (exact) mass is 409 g/mol. The number of alkyl halides is 3. The molecule has 0 unspecified atom stereocenters. The summed E-state index contributed by atoms with van der Waals surface area (Å²) in [5.41, 5.74) is 2.92. The lowest BCUT2D eigenvalue weighted by Gasteiger charge is -2.12. The van der Waals surface area contributed by atoms with Crippen molar-refractivity contribution in [1.29, 1.82) is 0 Å². The second-order valence-corrected chi connectivity index (χ2v) is 6.72. The number of hydrogen-bond acceptors (Lipinski definition) is 3. The van der Waals surface area contributed by atoms with E-state index in [0.717, 1.165) is 0 Å². The average Bonchev–Trinajstić information content (AvgIpc) is 2.86. The first kappa shape index (κ1) is 20.7. The van der Waals surface area contributed by atoms with Gasteiger partial charge in [-0.2, -0.15) is 0 Å². The Bertz CT molecular complexity index is 1070. The standard InChI is InChI=1S/C21H19F4NO3/c1-12-7-17-16(9-20(27)28-3)13(2)26(19(17)10-18(12)22)11-14-5-4-6-15(8-14)29-21(23,24)25/h4-8,10H,9,11H2,1-3H3. The molecule has 1 heterocycles. The van der Waals surface area contributed by atoms with Crippen molar-refractivity contribution in [3.63, 3.8) is 0 Å². The van der Waals surface area contributed by atoms with Crippen molar-refractivity contribution in [3.05, 3.63) is 64.6 Å². The molecule has 154 valence electrons. The zero-order valence-electron chi connectivity index (χ0n) is 16.1. The molecule has 0 atom stereocenters. The number of carbonyl (C=O) groups is 1. The Kier molecular flexibility index (Phi) is 5.55. The molecule has 0 aliphatic rings. The van der Waals surface area contributed by atoms with Gasteiger partial charge in [-0.15, -0.1) is 13.2 Å². The van der Waals surface area contributed by atoms with Gasteiger partial charge in [-0.25, -0.2) is 4.39 Å². The molecule has 29 heavy (non-hydrogen) atoms. The van der Waals surface area contributed by atoms with Crippen LogP contribution in [-0.4, -0.2) is 24.0 Å². The third kappa shape index (κ3) is 4.52. The van der Waals surface area contributed by atoms with Crippen molar-refractivity contribution in [2.75, 3.05) is 7.11 Å². The Morgan fingerprint density at radius 3 is 2.52 bits per heavy atom. The second-order valence-electron chi connectivity index (χ2n) is 6.72. The summed E-state index contributed by atoms with van der Waals surface area (Å²) in [4.78, 5) is 11.8. The van der Waals surface area contributed by atoms with Crippen LogP contribution in [0, 0.1) is 19.7 Å². The fourth-order valence-electron chi connectivity index (χ4n) is 3.34. The minimum absolute atomic E-state index is 0.00807. The molecule has 8 heteroatoms. The molecule has 0 saturated heterocycles. The summed E-state index contributed by atoms with van der Waals surface area (Å²) in [6.07, 6.45) is -4.78. The summed E-state index contributed by atoms with van der Waals surface area (Å²) >= 11 is 0. The van der Waals surface area contributed by atoms with Crippen molar-refractivity contribution in [2.45, 2.75) is 33.2 Å². The Balaban J connectivity index is 2.08. The minimum Gasteiger partial charge on any atom is -0.469 e. The number of hydrogen-bond donors (Lipinski definition) is 0. The van der Waals surface area contributed by atoms with Gasteiger partial charge in [-0.3, -0.25) is 4.79 Å². The topological polar surface area (TPSA) is 40.5 Å². The highest BCUT2D eigenvalue weighted by atomic mass is 19.4. The van der Waals surface area contributed by atoms with Crippen LogP contribution in [0.5, 0.6) is 5.75 Å². The predicted molar refractivity (Wildman–Crippen MR) is 99.3 cm³/mol. The zero-order chi connectivity index (χ0) is 21.3. The van der Waals surface area contributed by atoms with E-state index >= 15 is 0 Å². The van der Waals surface area contributed by atoms with E-state index in [2.05, 4.69) is 4.74 Å². The first-order valence-electron chi connectivity index (χ1n) is 8.78. The van der Waals surface area contributed by atoms with Crippen LogP contribution in [0.25, 0.3) is 10.9 Å². The van der Waals surface area contributed by atoms with Gasteiger partial charge in [-0.05, 0) is 54.8 Å². The first-order chi connectivity index (χ1) is 13.6. The highest BCUT2D eigenvalue weighted by molar-refractivity contribution is 5.90. The fourth-order valence-corrected chi connectivity index (χ4v) is 3.34. The van der Waals surface area contributed by atoms with E-state index in [1.54, 1.807) is 30.5 Å². The predicted octanol–water partition coefficient (Wildman–Crippen LogP) is 5.06. The molecule has 2 aromatic carbocycles. The van der Waals surface area contributed by atoms with E-state index in [1.165, 1.54) is 31.4 Å². The Hall–Kier alpha value is -3.03. The molecule has 1 aromatic heterocycles. The highest BCUT2D eigenvalue weighted by Crippen LogP contribution is 2.31. The van der Waals surface area contributed by atoms with Crippen molar-refractivity contribution in [3.8, 4) is 5.75 Å². The molecule has 0 radical (unpaired) electrons. The number of methoxy groups -OCH3 is 1. The van der Waals surface area contributed by atoms with Gasteiger partial charge < -0.3 is 14.0 Å². The molecule has 0 amide bonds. The Morgan fingerprint density at radius 1 is 1.14 bits per heavy atom.